The Hall–Kier alpha value is -2.72. The van der Waals surface area contributed by atoms with Crippen molar-refractivity contribution < 1.29 is 18.5 Å². The number of nitrogens with one attached hydrogen (secondary N) is 2. The molecule has 3 aromatic carbocycles. The Bertz CT molecular complexity index is 1220. The van der Waals surface area contributed by atoms with Gasteiger partial charge in [0.15, 0.2) is 0 Å². The molecule has 0 aliphatic heterocycles. The Morgan fingerprint density at radius 2 is 0.979 bits per heavy atom. The van der Waals surface area contributed by atoms with E-state index in [4.69, 9.17) is 9.68 Å². The Morgan fingerprint density at radius 3 is 1.30 bits per heavy atom. The van der Waals surface area contributed by atoms with Crippen molar-refractivity contribution in [2.45, 2.75) is 84.5 Å². The molecule has 3 rings (SSSR count). The molecule has 260 valence electrons. The molecule has 0 saturated heterocycles. The van der Waals surface area contributed by atoms with Gasteiger partial charge in [-0.1, -0.05) is 75.7 Å². The smallest absolute Gasteiger partial charge is 0.123 e. The van der Waals surface area contributed by atoms with Gasteiger partial charge >= 0.3 is 0 Å². The Morgan fingerprint density at radius 1 is 0.617 bits per heavy atom. The summed E-state index contributed by atoms with van der Waals surface area (Å²) in [5.41, 5.74) is 11.9. The number of hydrogen-bond donors (Lipinski definition) is 2. The maximum absolute atomic E-state index is 13.7. The zero-order chi connectivity index (χ0) is 34.5. The fourth-order valence-corrected chi connectivity index (χ4v) is 7.19. The third-order valence-corrected chi connectivity index (χ3v) is 9.72. The minimum atomic E-state index is -0.231. The molecule has 8 heteroatoms. The van der Waals surface area contributed by atoms with Gasteiger partial charge in [-0.3, -0.25) is 0 Å². The van der Waals surface area contributed by atoms with Gasteiger partial charge in [-0.05, 0) is 106 Å². The number of halogens is 2. The van der Waals surface area contributed by atoms with E-state index in [-0.39, 0.29) is 23.5 Å². The molecule has 6 atom stereocenters. The van der Waals surface area contributed by atoms with Crippen LogP contribution in [0, 0.1) is 30.4 Å². The molecule has 0 bridgehead atoms. The zero-order valence-corrected chi connectivity index (χ0v) is 30.0. The van der Waals surface area contributed by atoms with E-state index in [1.165, 1.54) is 24.3 Å². The largest absolute Gasteiger partial charge is 0.306 e. The number of rotatable bonds is 20. The highest BCUT2D eigenvalue weighted by Crippen LogP contribution is 2.32. The molecule has 0 radical (unpaired) electrons. The van der Waals surface area contributed by atoms with Gasteiger partial charge in [0.25, 0.3) is 0 Å². The van der Waals surface area contributed by atoms with Crippen molar-refractivity contribution in [2.24, 2.45) is 11.8 Å². The second-order valence-corrected chi connectivity index (χ2v) is 13.5. The number of nitrogens with zero attached hydrogens (tertiary/aromatic N) is 2. The number of benzene rings is 3. The number of aryl methyl sites for hydroxylation is 1. The van der Waals surface area contributed by atoms with Crippen LogP contribution in [0.1, 0.15) is 80.2 Å². The third kappa shape index (κ3) is 11.7. The summed E-state index contributed by atoms with van der Waals surface area (Å²) in [7, 11) is 8.44. The molecule has 0 aliphatic rings. The van der Waals surface area contributed by atoms with Crippen LogP contribution in [0.25, 0.3) is 0 Å². The first-order valence-electron chi connectivity index (χ1n) is 17.1. The fraction of sp³-hybridized carbons (Fsp3) is 0.538. The van der Waals surface area contributed by atoms with Gasteiger partial charge in [0.2, 0.25) is 0 Å². The summed E-state index contributed by atoms with van der Waals surface area (Å²) < 4.78 is 27.4. The Balaban J connectivity index is 1.59. The van der Waals surface area contributed by atoms with Gasteiger partial charge < -0.3 is 19.5 Å². The average molecular weight is 653 g/mol. The normalized spacial score (nSPS) is 15.9. The van der Waals surface area contributed by atoms with E-state index < -0.39 is 0 Å². The molecule has 0 aliphatic carbocycles. The summed E-state index contributed by atoms with van der Waals surface area (Å²) in [5, 5.41) is 0. The molecule has 47 heavy (non-hydrogen) atoms. The van der Waals surface area contributed by atoms with Crippen molar-refractivity contribution >= 4 is 0 Å². The molecule has 2 N–H and O–H groups in total. The molecule has 0 amide bonds. The van der Waals surface area contributed by atoms with Gasteiger partial charge in [0.05, 0.1) is 13.2 Å². The number of hydrogen-bond acceptors (Lipinski definition) is 6. The lowest BCUT2D eigenvalue weighted by Gasteiger charge is -2.35. The van der Waals surface area contributed by atoms with E-state index in [1.807, 2.05) is 24.3 Å². The highest BCUT2D eigenvalue weighted by atomic mass is 19.1. The summed E-state index contributed by atoms with van der Waals surface area (Å²) in [6, 6.07) is 20.8. The van der Waals surface area contributed by atoms with Crippen LogP contribution in [-0.2, 0) is 22.8 Å². The lowest BCUT2D eigenvalue weighted by Crippen LogP contribution is -2.38. The predicted molar refractivity (Wildman–Crippen MR) is 189 cm³/mol. The van der Waals surface area contributed by atoms with E-state index in [9.17, 15) is 8.78 Å². The van der Waals surface area contributed by atoms with Crippen LogP contribution in [0.4, 0.5) is 8.78 Å². The SMILES string of the molecule is CCC(C(C)C(CONCc1cc(C)cc(CNOCC(c2ccc(F)cc2)C(C)C(CC)N(C)C)c1)c1ccc(F)cc1)N(C)C. The number of hydroxylamine groups is 2. The van der Waals surface area contributed by atoms with Crippen LogP contribution in [0.3, 0.4) is 0 Å². The molecule has 0 aromatic heterocycles. The average Bonchev–Trinajstić information content (AvgIpc) is 3.02. The minimum Gasteiger partial charge on any atom is -0.306 e. The highest BCUT2D eigenvalue weighted by Gasteiger charge is 2.29. The van der Waals surface area contributed by atoms with Gasteiger partial charge in [-0.15, -0.1) is 0 Å². The third-order valence-electron chi connectivity index (χ3n) is 9.72. The second kappa shape index (κ2) is 19.3. The lowest BCUT2D eigenvalue weighted by molar-refractivity contribution is 0.0102. The van der Waals surface area contributed by atoms with Crippen LogP contribution >= 0.6 is 0 Å². The van der Waals surface area contributed by atoms with E-state index in [0.29, 0.717) is 50.2 Å². The first-order chi connectivity index (χ1) is 22.4. The van der Waals surface area contributed by atoms with Crippen LogP contribution < -0.4 is 11.0 Å². The summed E-state index contributed by atoms with van der Waals surface area (Å²) in [5.74, 6) is 0.366. The first kappa shape index (κ1) is 38.7. The monoisotopic (exact) mass is 652 g/mol. The topological polar surface area (TPSA) is 49.0 Å². The van der Waals surface area contributed by atoms with Crippen molar-refractivity contribution in [2.75, 3.05) is 41.4 Å². The molecule has 0 saturated carbocycles. The van der Waals surface area contributed by atoms with E-state index in [0.717, 1.165) is 40.7 Å². The summed E-state index contributed by atoms with van der Waals surface area (Å²) in [4.78, 5) is 16.7. The van der Waals surface area contributed by atoms with E-state index in [1.54, 1.807) is 0 Å². The van der Waals surface area contributed by atoms with E-state index in [2.05, 4.69) is 102 Å². The molecule has 0 spiro atoms. The fourth-order valence-electron chi connectivity index (χ4n) is 7.19. The van der Waals surface area contributed by atoms with Crippen LogP contribution in [0.5, 0.6) is 0 Å². The van der Waals surface area contributed by atoms with Crippen molar-refractivity contribution in [1.29, 1.82) is 0 Å². The summed E-state index contributed by atoms with van der Waals surface area (Å²) in [6.45, 7) is 13.1. The quantitative estimate of drug-likeness (QED) is 0.0959. The van der Waals surface area contributed by atoms with Crippen molar-refractivity contribution in [3.05, 3.63) is 106 Å². The molecular weight excluding hydrogens is 594 g/mol. The van der Waals surface area contributed by atoms with E-state index >= 15 is 0 Å². The Labute approximate surface area is 282 Å². The molecule has 0 heterocycles. The highest BCUT2D eigenvalue weighted by molar-refractivity contribution is 5.29. The van der Waals surface area contributed by atoms with Gasteiger partial charge in [0.1, 0.15) is 11.6 Å². The molecule has 3 aromatic rings. The van der Waals surface area contributed by atoms with Crippen molar-refractivity contribution in [3.8, 4) is 0 Å². The van der Waals surface area contributed by atoms with Gasteiger partial charge in [0, 0.05) is 37.0 Å². The predicted octanol–water partition coefficient (Wildman–Crippen LogP) is 7.84. The minimum absolute atomic E-state index is 0.108. The van der Waals surface area contributed by atoms with Crippen molar-refractivity contribution in [3.63, 3.8) is 0 Å². The molecule has 6 nitrogen and oxygen atoms in total. The molecule has 0 fully saturated rings. The molecular formula is C39H58F2N4O2. The standard InChI is InChI=1S/C39H58F2N4O2/c1-10-38(44(6)7)28(4)36(32-12-16-34(40)17-13-32)25-46-42-23-30-20-27(3)21-31(22-30)24-43-47-26-37(29(5)39(11-2)45(8)9)33-14-18-35(41)19-15-33/h12-22,28-29,36-39,42-43H,10-11,23-26H2,1-9H3. The molecule has 6 unspecified atom stereocenters. The maximum atomic E-state index is 13.7. The second-order valence-electron chi connectivity index (χ2n) is 13.5. The Kier molecular flexibility index (Phi) is 15.9. The van der Waals surface area contributed by atoms with Gasteiger partial charge in [-0.2, -0.15) is 11.0 Å². The summed E-state index contributed by atoms with van der Waals surface area (Å²) in [6.07, 6.45) is 2.04. The van der Waals surface area contributed by atoms with Crippen molar-refractivity contribution in [1.82, 2.24) is 20.8 Å². The maximum Gasteiger partial charge on any atom is 0.123 e. The summed E-state index contributed by atoms with van der Waals surface area (Å²) >= 11 is 0. The van der Waals surface area contributed by atoms with Crippen LogP contribution in [0.15, 0.2) is 66.7 Å². The van der Waals surface area contributed by atoms with Crippen LogP contribution in [-0.4, -0.2) is 63.3 Å². The lowest BCUT2D eigenvalue weighted by atomic mass is 9.81. The first-order valence-corrected chi connectivity index (χ1v) is 17.1. The van der Waals surface area contributed by atoms with Crippen LogP contribution in [0.2, 0.25) is 0 Å². The zero-order valence-electron chi connectivity index (χ0n) is 30.0. The van der Waals surface area contributed by atoms with Gasteiger partial charge in [-0.25, -0.2) is 8.78 Å².